The van der Waals surface area contributed by atoms with E-state index >= 15 is 0 Å². The van der Waals surface area contributed by atoms with Crippen molar-refractivity contribution in [3.63, 3.8) is 0 Å². The number of aryl methyl sites for hydroxylation is 1. The molecule has 0 unspecified atom stereocenters. The quantitative estimate of drug-likeness (QED) is 0.809. The molecule has 1 fully saturated rings. The number of hydrogen-bond acceptors (Lipinski definition) is 3. The maximum Gasteiger partial charge on any atom is 0.254 e. The third-order valence-corrected chi connectivity index (χ3v) is 4.96. The summed E-state index contributed by atoms with van der Waals surface area (Å²) in [5.74, 6) is 0.286. The molecule has 2 heterocycles. The molecule has 0 saturated carbocycles. The van der Waals surface area contributed by atoms with Crippen LogP contribution in [-0.4, -0.2) is 57.3 Å². The molecule has 1 atom stereocenters. The lowest BCUT2D eigenvalue weighted by atomic mass is 10.1. The van der Waals surface area contributed by atoms with Crippen molar-refractivity contribution in [3.8, 4) is 0 Å². The Bertz CT molecular complexity index is 812. The summed E-state index contributed by atoms with van der Waals surface area (Å²) in [4.78, 5) is 33.0. The van der Waals surface area contributed by atoms with E-state index in [4.69, 9.17) is 0 Å². The second-order valence-corrected chi connectivity index (χ2v) is 6.88. The molecule has 3 rings (SSSR count). The highest BCUT2D eigenvalue weighted by molar-refractivity contribution is 5.94. The number of benzene rings is 1. The molecule has 1 aromatic carbocycles. The lowest BCUT2D eigenvalue weighted by Gasteiger charge is -2.36. The summed E-state index contributed by atoms with van der Waals surface area (Å²) in [5.41, 5.74) is 0.343. The van der Waals surface area contributed by atoms with Crippen molar-refractivity contribution in [1.82, 2.24) is 19.4 Å². The third kappa shape index (κ3) is 4.35. The molecule has 0 bridgehead atoms. The van der Waals surface area contributed by atoms with Gasteiger partial charge in [-0.15, -0.1) is 0 Å². The number of carbonyl (C=O) groups is 2. The first-order chi connectivity index (χ1) is 13.0. The van der Waals surface area contributed by atoms with Gasteiger partial charge in [-0.2, -0.15) is 0 Å². The highest BCUT2D eigenvalue weighted by atomic mass is 19.1. The normalized spacial score (nSPS) is 15.7. The van der Waals surface area contributed by atoms with Crippen LogP contribution in [0.2, 0.25) is 0 Å². The Balaban J connectivity index is 1.55. The fourth-order valence-electron chi connectivity index (χ4n) is 3.44. The number of piperazine rings is 1. The minimum atomic E-state index is -0.422. The average molecular weight is 372 g/mol. The van der Waals surface area contributed by atoms with Crippen LogP contribution in [0.25, 0.3) is 0 Å². The molecule has 1 aliphatic rings. The van der Waals surface area contributed by atoms with Crippen molar-refractivity contribution < 1.29 is 14.0 Å². The van der Waals surface area contributed by atoms with E-state index in [-0.39, 0.29) is 17.7 Å². The van der Waals surface area contributed by atoms with Crippen molar-refractivity contribution in [3.05, 3.63) is 53.9 Å². The molecule has 0 radical (unpaired) electrons. The standard InChI is InChI=1S/C20H25FN4O2/c1-3-18-22-7-8-25(18)14-15(2)19(26)23-9-11-24(12-10-23)20(27)16-5-4-6-17(21)13-16/h4-8,13,15H,3,9-12,14H2,1-2H3/t15-/m0/s1. The maximum atomic E-state index is 13.3. The molecular formula is C20H25FN4O2. The van der Waals surface area contributed by atoms with E-state index in [1.165, 1.54) is 18.2 Å². The van der Waals surface area contributed by atoms with Gasteiger partial charge in [-0.3, -0.25) is 9.59 Å². The van der Waals surface area contributed by atoms with Crippen LogP contribution in [-0.2, 0) is 17.8 Å². The molecule has 0 spiro atoms. The lowest BCUT2D eigenvalue weighted by molar-refractivity contribution is -0.136. The molecule has 144 valence electrons. The van der Waals surface area contributed by atoms with Gasteiger partial charge in [-0.25, -0.2) is 9.37 Å². The first-order valence-electron chi connectivity index (χ1n) is 9.33. The summed E-state index contributed by atoms with van der Waals surface area (Å²) in [5, 5.41) is 0. The number of carbonyl (C=O) groups excluding carboxylic acids is 2. The van der Waals surface area contributed by atoms with Crippen LogP contribution >= 0.6 is 0 Å². The molecule has 2 aromatic rings. The first kappa shape index (κ1) is 19.1. The van der Waals surface area contributed by atoms with E-state index < -0.39 is 5.82 Å². The molecule has 1 aromatic heterocycles. The number of aromatic nitrogens is 2. The van der Waals surface area contributed by atoms with E-state index in [1.54, 1.807) is 17.2 Å². The summed E-state index contributed by atoms with van der Waals surface area (Å²) in [6.45, 7) is 6.47. The summed E-state index contributed by atoms with van der Waals surface area (Å²) in [6, 6.07) is 5.71. The Morgan fingerprint density at radius 2 is 1.89 bits per heavy atom. The average Bonchev–Trinajstić information content (AvgIpc) is 3.14. The molecule has 7 heteroatoms. The van der Waals surface area contributed by atoms with Crippen molar-refractivity contribution >= 4 is 11.8 Å². The maximum absolute atomic E-state index is 13.3. The zero-order valence-corrected chi connectivity index (χ0v) is 15.8. The van der Waals surface area contributed by atoms with Gasteiger partial charge in [0.1, 0.15) is 11.6 Å². The number of imidazole rings is 1. The predicted octanol–water partition coefficient (Wildman–Crippen LogP) is 2.21. The van der Waals surface area contributed by atoms with Gasteiger partial charge in [0.05, 0.1) is 5.92 Å². The molecule has 1 saturated heterocycles. The highest BCUT2D eigenvalue weighted by Gasteiger charge is 2.27. The van der Waals surface area contributed by atoms with E-state index in [0.29, 0.717) is 38.3 Å². The molecule has 1 aliphatic heterocycles. The smallest absolute Gasteiger partial charge is 0.254 e. The van der Waals surface area contributed by atoms with E-state index in [0.717, 1.165) is 12.2 Å². The fourth-order valence-corrected chi connectivity index (χ4v) is 3.44. The monoisotopic (exact) mass is 372 g/mol. The Morgan fingerprint density at radius 1 is 1.19 bits per heavy atom. The Hall–Kier alpha value is -2.70. The molecule has 0 N–H and O–H groups in total. The second kappa shape index (κ2) is 8.33. The molecule has 2 amide bonds. The number of amides is 2. The number of rotatable bonds is 5. The van der Waals surface area contributed by atoms with Crippen molar-refractivity contribution in [2.45, 2.75) is 26.8 Å². The summed E-state index contributed by atoms with van der Waals surface area (Å²) in [7, 11) is 0. The third-order valence-electron chi connectivity index (χ3n) is 4.96. The summed E-state index contributed by atoms with van der Waals surface area (Å²) < 4.78 is 15.4. The van der Waals surface area contributed by atoms with Gasteiger partial charge in [0.25, 0.3) is 5.91 Å². The van der Waals surface area contributed by atoms with Crippen LogP contribution in [0.15, 0.2) is 36.7 Å². The van der Waals surface area contributed by atoms with Gasteiger partial charge in [-0.1, -0.05) is 19.9 Å². The predicted molar refractivity (Wildman–Crippen MR) is 99.7 cm³/mol. The summed E-state index contributed by atoms with van der Waals surface area (Å²) >= 11 is 0. The number of hydrogen-bond donors (Lipinski definition) is 0. The second-order valence-electron chi connectivity index (χ2n) is 6.88. The van der Waals surface area contributed by atoms with Crippen LogP contribution in [0.4, 0.5) is 4.39 Å². The zero-order chi connectivity index (χ0) is 19.4. The van der Waals surface area contributed by atoms with Gasteiger partial charge in [0, 0.05) is 57.1 Å². The van der Waals surface area contributed by atoms with Gasteiger partial charge in [0.2, 0.25) is 5.91 Å². The fraction of sp³-hybridized carbons (Fsp3) is 0.450. The van der Waals surface area contributed by atoms with Crippen LogP contribution in [0, 0.1) is 11.7 Å². The van der Waals surface area contributed by atoms with Gasteiger partial charge >= 0.3 is 0 Å². The van der Waals surface area contributed by atoms with Crippen molar-refractivity contribution in [1.29, 1.82) is 0 Å². The van der Waals surface area contributed by atoms with Crippen LogP contribution < -0.4 is 0 Å². The zero-order valence-electron chi connectivity index (χ0n) is 15.8. The minimum absolute atomic E-state index is 0.0867. The first-order valence-corrected chi connectivity index (χ1v) is 9.33. The molecule has 6 nitrogen and oxygen atoms in total. The van der Waals surface area contributed by atoms with E-state index in [9.17, 15) is 14.0 Å². The van der Waals surface area contributed by atoms with Crippen molar-refractivity contribution in [2.24, 2.45) is 5.92 Å². The number of halogens is 1. The number of nitrogens with zero attached hydrogens (tertiary/aromatic N) is 4. The van der Waals surface area contributed by atoms with Crippen LogP contribution in [0.3, 0.4) is 0 Å². The highest BCUT2D eigenvalue weighted by Crippen LogP contribution is 2.14. The molecule has 0 aliphatic carbocycles. The summed E-state index contributed by atoms with van der Waals surface area (Å²) in [6.07, 6.45) is 4.49. The SMILES string of the molecule is CCc1nccn1C[C@H](C)C(=O)N1CCN(C(=O)c2cccc(F)c2)CC1. The van der Waals surface area contributed by atoms with Gasteiger partial charge in [-0.05, 0) is 18.2 Å². The van der Waals surface area contributed by atoms with E-state index in [1.807, 2.05) is 29.5 Å². The van der Waals surface area contributed by atoms with Crippen LogP contribution in [0.5, 0.6) is 0 Å². The van der Waals surface area contributed by atoms with E-state index in [2.05, 4.69) is 4.98 Å². The van der Waals surface area contributed by atoms with Gasteiger partial charge in [0.15, 0.2) is 0 Å². The largest absolute Gasteiger partial charge is 0.339 e. The Labute approximate surface area is 158 Å². The van der Waals surface area contributed by atoms with Crippen molar-refractivity contribution in [2.75, 3.05) is 26.2 Å². The minimum Gasteiger partial charge on any atom is -0.339 e. The molecule has 27 heavy (non-hydrogen) atoms. The van der Waals surface area contributed by atoms with Crippen LogP contribution in [0.1, 0.15) is 30.0 Å². The van der Waals surface area contributed by atoms with Gasteiger partial charge < -0.3 is 14.4 Å². The lowest BCUT2D eigenvalue weighted by Crippen LogP contribution is -2.52. The molecular weight excluding hydrogens is 347 g/mol. The Kier molecular flexibility index (Phi) is 5.88. The Morgan fingerprint density at radius 3 is 2.56 bits per heavy atom. The topological polar surface area (TPSA) is 58.4 Å².